The average Bonchev–Trinajstić information content (AvgIpc) is 3.43. The number of esters is 1. The van der Waals surface area contributed by atoms with Crippen LogP contribution in [0.3, 0.4) is 0 Å². The van der Waals surface area contributed by atoms with Crippen molar-refractivity contribution < 1.29 is 19.1 Å². The number of fused-ring (bicyclic) bond motifs is 1. The zero-order chi connectivity index (χ0) is 20.2. The molecule has 29 heavy (non-hydrogen) atoms. The van der Waals surface area contributed by atoms with Gasteiger partial charge in [-0.1, -0.05) is 36.4 Å². The topological polar surface area (TPSA) is 75.7 Å². The molecule has 1 aromatic heterocycles. The average molecular weight is 408 g/mol. The summed E-state index contributed by atoms with van der Waals surface area (Å²) in [5.74, 6) is -1.12. The lowest BCUT2D eigenvalue weighted by Crippen LogP contribution is -2.41. The number of nitrogens with one attached hydrogen (secondary N) is 1. The van der Waals surface area contributed by atoms with E-state index < -0.39 is 17.9 Å². The number of hydrogen-bond acceptors (Lipinski definition) is 5. The molecule has 1 N–H and O–H groups in total. The highest BCUT2D eigenvalue weighted by Gasteiger charge is 2.36. The molecule has 0 radical (unpaired) electrons. The van der Waals surface area contributed by atoms with Gasteiger partial charge >= 0.3 is 5.97 Å². The van der Waals surface area contributed by atoms with Crippen LogP contribution in [0, 0.1) is 0 Å². The van der Waals surface area contributed by atoms with Gasteiger partial charge in [0.15, 0.2) is 6.61 Å². The van der Waals surface area contributed by atoms with Gasteiger partial charge in [-0.3, -0.25) is 9.59 Å². The standard InChI is InChI=1S/C22H20N2O4S/c25-20(23-17-10-9-15-5-1-2-6-16(15)13-17)14-28-22(27)18-7-3-11-24(18)21(26)19-8-4-12-29-19/h1-2,4-6,8-10,12-13,18H,3,7,11,14H2,(H,23,25)/t18-/m0/s1. The number of hydrogen-bond donors (Lipinski definition) is 1. The number of rotatable bonds is 5. The van der Waals surface area contributed by atoms with Gasteiger partial charge in [0, 0.05) is 12.2 Å². The summed E-state index contributed by atoms with van der Waals surface area (Å²) in [6.45, 7) is 0.128. The predicted octanol–water partition coefficient (Wildman–Crippen LogP) is 3.69. The van der Waals surface area contributed by atoms with Crippen LogP contribution in [0.4, 0.5) is 5.69 Å². The van der Waals surface area contributed by atoms with Crippen LogP contribution < -0.4 is 5.32 Å². The third-order valence-electron chi connectivity index (χ3n) is 4.90. The summed E-state index contributed by atoms with van der Waals surface area (Å²) in [6, 6.07) is 16.3. The lowest BCUT2D eigenvalue weighted by molar-refractivity contribution is -0.151. The molecule has 7 heteroatoms. The minimum atomic E-state index is -0.641. The van der Waals surface area contributed by atoms with E-state index in [-0.39, 0.29) is 12.5 Å². The minimum Gasteiger partial charge on any atom is -0.454 e. The highest BCUT2D eigenvalue weighted by molar-refractivity contribution is 7.12. The molecule has 0 saturated carbocycles. The summed E-state index contributed by atoms with van der Waals surface area (Å²) >= 11 is 1.34. The first-order valence-electron chi connectivity index (χ1n) is 9.41. The third kappa shape index (κ3) is 4.30. The number of thiophene rings is 1. The molecule has 2 amide bonds. The quantitative estimate of drug-likeness (QED) is 0.654. The number of carbonyl (C=O) groups excluding carboxylic acids is 3. The summed E-state index contributed by atoms with van der Waals surface area (Å²) in [4.78, 5) is 39.4. The lowest BCUT2D eigenvalue weighted by Gasteiger charge is -2.22. The van der Waals surface area contributed by atoms with Crippen LogP contribution in [0.5, 0.6) is 0 Å². The van der Waals surface area contributed by atoms with Crippen molar-refractivity contribution in [3.05, 3.63) is 64.9 Å². The number of anilines is 1. The first kappa shape index (κ1) is 19.1. The maximum absolute atomic E-state index is 12.6. The highest BCUT2D eigenvalue weighted by atomic mass is 32.1. The maximum atomic E-state index is 12.6. The van der Waals surface area contributed by atoms with Crippen molar-refractivity contribution >= 4 is 45.6 Å². The fourth-order valence-electron chi connectivity index (χ4n) is 3.49. The summed E-state index contributed by atoms with van der Waals surface area (Å²) in [6.07, 6.45) is 1.28. The molecule has 2 heterocycles. The van der Waals surface area contributed by atoms with E-state index in [0.29, 0.717) is 23.5 Å². The van der Waals surface area contributed by atoms with E-state index >= 15 is 0 Å². The van der Waals surface area contributed by atoms with Gasteiger partial charge in [-0.25, -0.2) is 4.79 Å². The number of nitrogens with zero attached hydrogens (tertiary/aromatic N) is 1. The lowest BCUT2D eigenvalue weighted by atomic mass is 10.1. The number of likely N-dealkylation sites (tertiary alicyclic amines) is 1. The Morgan fingerprint density at radius 2 is 1.90 bits per heavy atom. The van der Waals surface area contributed by atoms with Crippen LogP contribution in [-0.4, -0.2) is 41.9 Å². The fourth-order valence-corrected chi connectivity index (χ4v) is 4.17. The summed E-state index contributed by atoms with van der Waals surface area (Å²) in [7, 11) is 0. The summed E-state index contributed by atoms with van der Waals surface area (Å²) < 4.78 is 5.20. The number of ether oxygens (including phenoxy) is 1. The largest absolute Gasteiger partial charge is 0.454 e. The van der Waals surface area contributed by atoms with Crippen molar-refractivity contribution in [2.24, 2.45) is 0 Å². The molecule has 3 aromatic rings. The molecule has 1 fully saturated rings. The second-order valence-corrected chi connectivity index (χ2v) is 7.80. The van der Waals surface area contributed by atoms with Crippen molar-refractivity contribution in [2.45, 2.75) is 18.9 Å². The van der Waals surface area contributed by atoms with Gasteiger partial charge in [0.05, 0.1) is 4.88 Å². The molecule has 0 bridgehead atoms. The van der Waals surface area contributed by atoms with Crippen LogP contribution in [-0.2, 0) is 14.3 Å². The minimum absolute atomic E-state index is 0.167. The van der Waals surface area contributed by atoms with Gasteiger partial charge < -0.3 is 15.0 Å². The first-order valence-corrected chi connectivity index (χ1v) is 10.3. The van der Waals surface area contributed by atoms with Gasteiger partial charge in [0.2, 0.25) is 0 Å². The molecule has 0 aliphatic carbocycles. The summed E-state index contributed by atoms with van der Waals surface area (Å²) in [5, 5.41) is 6.66. The van der Waals surface area contributed by atoms with E-state index in [0.717, 1.165) is 17.2 Å². The Morgan fingerprint density at radius 1 is 1.07 bits per heavy atom. The van der Waals surface area contributed by atoms with Gasteiger partial charge in [-0.15, -0.1) is 11.3 Å². The Bertz CT molecular complexity index is 1050. The van der Waals surface area contributed by atoms with Gasteiger partial charge in [0.1, 0.15) is 6.04 Å². The Labute approximate surface area is 172 Å². The molecule has 2 aromatic carbocycles. The predicted molar refractivity (Wildman–Crippen MR) is 112 cm³/mol. The summed E-state index contributed by atoms with van der Waals surface area (Å²) in [5.41, 5.74) is 0.639. The number of benzene rings is 2. The molecule has 1 atom stereocenters. The molecular weight excluding hydrogens is 388 g/mol. The van der Waals surface area contributed by atoms with Crippen molar-refractivity contribution in [3.8, 4) is 0 Å². The molecule has 1 aliphatic heterocycles. The van der Waals surface area contributed by atoms with E-state index in [9.17, 15) is 14.4 Å². The highest BCUT2D eigenvalue weighted by Crippen LogP contribution is 2.23. The van der Waals surface area contributed by atoms with Crippen molar-refractivity contribution in [1.29, 1.82) is 0 Å². The molecule has 1 saturated heterocycles. The molecular formula is C22H20N2O4S. The Kier molecular flexibility index (Phi) is 5.57. The van der Waals surface area contributed by atoms with Crippen LogP contribution in [0.25, 0.3) is 10.8 Å². The van der Waals surface area contributed by atoms with Crippen LogP contribution >= 0.6 is 11.3 Å². The smallest absolute Gasteiger partial charge is 0.329 e. The van der Waals surface area contributed by atoms with E-state index in [1.54, 1.807) is 18.2 Å². The van der Waals surface area contributed by atoms with E-state index in [4.69, 9.17) is 4.74 Å². The van der Waals surface area contributed by atoms with Gasteiger partial charge in [0.25, 0.3) is 11.8 Å². The zero-order valence-electron chi connectivity index (χ0n) is 15.7. The Morgan fingerprint density at radius 3 is 2.69 bits per heavy atom. The van der Waals surface area contributed by atoms with Crippen molar-refractivity contribution in [1.82, 2.24) is 4.90 Å². The monoisotopic (exact) mass is 408 g/mol. The van der Waals surface area contributed by atoms with E-state index in [1.807, 2.05) is 41.8 Å². The van der Waals surface area contributed by atoms with E-state index in [2.05, 4.69) is 5.32 Å². The van der Waals surface area contributed by atoms with Gasteiger partial charge in [-0.05, 0) is 47.2 Å². The van der Waals surface area contributed by atoms with Crippen molar-refractivity contribution in [3.63, 3.8) is 0 Å². The maximum Gasteiger partial charge on any atom is 0.329 e. The first-order chi connectivity index (χ1) is 14.1. The van der Waals surface area contributed by atoms with E-state index in [1.165, 1.54) is 16.2 Å². The normalized spacial score (nSPS) is 16.0. The second-order valence-electron chi connectivity index (χ2n) is 6.85. The second kappa shape index (κ2) is 8.45. The third-order valence-corrected chi connectivity index (χ3v) is 5.75. The number of carbonyl (C=O) groups is 3. The van der Waals surface area contributed by atoms with Crippen molar-refractivity contribution in [2.75, 3.05) is 18.5 Å². The van der Waals surface area contributed by atoms with Crippen LogP contribution in [0.2, 0.25) is 0 Å². The molecule has 1 aliphatic rings. The van der Waals surface area contributed by atoms with Crippen LogP contribution in [0.1, 0.15) is 22.5 Å². The zero-order valence-corrected chi connectivity index (χ0v) is 16.5. The fraction of sp³-hybridized carbons (Fsp3) is 0.227. The van der Waals surface area contributed by atoms with Crippen LogP contribution in [0.15, 0.2) is 60.0 Å². The SMILES string of the molecule is O=C(COC(=O)[C@@H]1CCCN1C(=O)c1cccs1)Nc1ccc2ccccc2c1. The molecule has 4 rings (SSSR count). The molecule has 148 valence electrons. The Hall–Kier alpha value is -3.19. The molecule has 0 spiro atoms. The number of amides is 2. The Balaban J connectivity index is 1.33. The molecule has 0 unspecified atom stereocenters. The molecule has 6 nitrogen and oxygen atoms in total. The van der Waals surface area contributed by atoms with Gasteiger partial charge in [-0.2, -0.15) is 0 Å².